The highest BCUT2D eigenvalue weighted by molar-refractivity contribution is 5.91. The monoisotopic (exact) mass is 313 g/mol. The Hall–Kier alpha value is -2.70. The summed E-state index contributed by atoms with van der Waals surface area (Å²) in [6.07, 6.45) is 2.15. The maximum Gasteiger partial charge on any atom is 0.273 e. The number of rotatable bonds is 5. The molecular weight excluding hydrogens is 294 g/mol. The van der Waals surface area contributed by atoms with Gasteiger partial charge in [0.25, 0.3) is 5.91 Å². The first-order chi connectivity index (χ1) is 11.2. The van der Waals surface area contributed by atoms with Gasteiger partial charge in [0.05, 0.1) is 12.2 Å². The van der Waals surface area contributed by atoms with Gasteiger partial charge in [0.2, 0.25) is 5.91 Å². The third-order valence-corrected chi connectivity index (χ3v) is 3.93. The van der Waals surface area contributed by atoms with E-state index in [-0.39, 0.29) is 17.9 Å². The number of amides is 2. The minimum Gasteiger partial charge on any atom is -0.347 e. The summed E-state index contributed by atoms with van der Waals surface area (Å²) in [6, 6.07) is 9.79. The maximum absolute atomic E-state index is 12.1. The molecule has 120 valence electrons. The number of hydrogen-bond acceptors (Lipinski definition) is 4. The van der Waals surface area contributed by atoms with E-state index in [1.807, 2.05) is 37.3 Å². The fourth-order valence-corrected chi connectivity index (χ4v) is 2.48. The molecule has 0 saturated carbocycles. The summed E-state index contributed by atoms with van der Waals surface area (Å²) in [5.41, 5.74) is 1.32. The van der Waals surface area contributed by atoms with E-state index in [0.717, 1.165) is 5.56 Å². The quantitative estimate of drug-likeness (QED) is 0.893. The second-order valence-corrected chi connectivity index (χ2v) is 5.56. The minimum absolute atomic E-state index is 0.105. The van der Waals surface area contributed by atoms with Crippen LogP contribution in [0.2, 0.25) is 0 Å². The van der Waals surface area contributed by atoms with E-state index < -0.39 is 0 Å². The van der Waals surface area contributed by atoms with Gasteiger partial charge in [0.15, 0.2) is 5.69 Å². The number of nitrogens with one attached hydrogen (secondary N) is 1. The Kier molecular flexibility index (Phi) is 4.36. The Morgan fingerprint density at radius 1 is 1.26 bits per heavy atom. The molecular formula is C16H19N5O2. The second-order valence-electron chi connectivity index (χ2n) is 5.56. The van der Waals surface area contributed by atoms with Gasteiger partial charge < -0.3 is 10.2 Å². The molecule has 2 aromatic rings. The number of likely N-dealkylation sites (tertiary alicyclic amines) is 1. The normalized spacial score (nSPS) is 14.4. The molecule has 2 amide bonds. The Bertz CT molecular complexity index is 692. The molecule has 2 heterocycles. The first-order valence-electron chi connectivity index (χ1n) is 7.69. The molecule has 1 aromatic heterocycles. The fourth-order valence-electron chi connectivity index (χ4n) is 2.48. The highest BCUT2D eigenvalue weighted by Crippen LogP contribution is 2.20. The van der Waals surface area contributed by atoms with E-state index >= 15 is 0 Å². The number of aromatic nitrogens is 3. The van der Waals surface area contributed by atoms with Gasteiger partial charge in [-0.1, -0.05) is 42.5 Å². The van der Waals surface area contributed by atoms with Gasteiger partial charge in [-0.2, -0.15) is 0 Å². The van der Waals surface area contributed by atoms with Crippen molar-refractivity contribution in [3.8, 4) is 0 Å². The van der Waals surface area contributed by atoms with Crippen molar-refractivity contribution in [1.82, 2.24) is 25.2 Å². The van der Waals surface area contributed by atoms with Crippen LogP contribution in [0.5, 0.6) is 0 Å². The van der Waals surface area contributed by atoms with Crippen molar-refractivity contribution in [2.24, 2.45) is 0 Å². The van der Waals surface area contributed by atoms with Gasteiger partial charge in [-0.05, 0) is 5.56 Å². The molecule has 1 N–H and O–H groups in total. The van der Waals surface area contributed by atoms with Crippen molar-refractivity contribution >= 4 is 11.8 Å². The van der Waals surface area contributed by atoms with Crippen molar-refractivity contribution in [2.75, 3.05) is 13.1 Å². The fraction of sp³-hybridized carbons (Fsp3) is 0.375. The van der Waals surface area contributed by atoms with E-state index in [1.54, 1.807) is 15.8 Å². The van der Waals surface area contributed by atoms with Gasteiger partial charge in [-0.15, -0.1) is 5.10 Å². The lowest BCUT2D eigenvalue weighted by Crippen LogP contribution is -2.50. The third-order valence-electron chi connectivity index (χ3n) is 3.93. The summed E-state index contributed by atoms with van der Waals surface area (Å²) in [4.78, 5) is 25.4. The Morgan fingerprint density at radius 2 is 2.00 bits per heavy atom. The van der Waals surface area contributed by atoms with Gasteiger partial charge in [0, 0.05) is 26.1 Å². The number of benzene rings is 1. The molecule has 0 atom stereocenters. The van der Waals surface area contributed by atoms with E-state index in [4.69, 9.17) is 0 Å². The molecule has 3 rings (SSSR count). The summed E-state index contributed by atoms with van der Waals surface area (Å²) < 4.78 is 1.66. The number of hydrogen-bond donors (Lipinski definition) is 1. The van der Waals surface area contributed by atoms with Crippen molar-refractivity contribution in [3.05, 3.63) is 47.8 Å². The van der Waals surface area contributed by atoms with Crippen LogP contribution in [-0.2, 0) is 11.3 Å². The largest absolute Gasteiger partial charge is 0.347 e. The summed E-state index contributed by atoms with van der Waals surface area (Å²) in [5, 5.41) is 10.7. The van der Waals surface area contributed by atoms with Crippen LogP contribution in [0.3, 0.4) is 0 Å². The minimum atomic E-state index is -0.249. The second kappa shape index (κ2) is 6.60. The van der Waals surface area contributed by atoms with Crippen LogP contribution in [0, 0.1) is 0 Å². The lowest BCUT2D eigenvalue weighted by molar-refractivity contribution is -0.136. The summed E-state index contributed by atoms with van der Waals surface area (Å²) in [5.74, 6) is -0.108. The molecule has 1 aliphatic rings. The molecule has 23 heavy (non-hydrogen) atoms. The predicted octanol–water partition coefficient (Wildman–Crippen LogP) is 1.00. The Balaban J connectivity index is 1.53. The molecule has 0 radical (unpaired) electrons. The molecule has 1 saturated heterocycles. The van der Waals surface area contributed by atoms with Gasteiger partial charge in [0.1, 0.15) is 0 Å². The average molecular weight is 313 g/mol. The average Bonchev–Trinajstić information content (AvgIpc) is 3.01. The first kappa shape index (κ1) is 15.2. The third kappa shape index (κ3) is 3.39. The number of carbonyl (C=O) groups is 2. The van der Waals surface area contributed by atoms with Gasteiger partial charge in [-0.3, -0.25) is 9.59 Å². The standard InChI is InChI=1S/C16H19N5O2/c1-2-15(22)20-9-13(10-20)21-11-14(18-19-21)16(23)17-8-12-6-4-3-5-7-12/h3-7,11,13H,2,8-10H2,1H3,(H,17,23). The van der Waals surface area contributed by atoms with Crippen LogP contribution in [0.15, 0.2) is 36.5 Å². The predicted molar refractivity (Wildman–Crippen MR) is 83.5 cm³/mol. The summed E-state index contributed by atoms with van der Waals surface area (Å²) in [6.45, 7) is 3.55. The molecule has 1 fully saturated rings. The van der Waals surface area contributed by atoms with Crippen LogP contribution >= 0.6 is 0 Å². The van der Waals surface area contributed by atoms with Crippen LogP contribution < -0.4 is 5.32 Å². The number of nitrogens with zero attached hydrogens (tertiary/aromatic N) is 4. The van der Waals surface area contributed by atoms with Gasteiger partial charge in [-0.25, -0.2) is 4.68 Å². The SMILES string of the molecule is CCC(=O)N1CC(n2cc(C(=O)NCc3ccccc3)nn2)C1. The molecule has 7 nitrogen and oxygen atoms in total. The topological polar surface area (TPSA) is 80.1 Å². The molecule has 1 aliphatic heterocycles. The zero-order chi connectivity index (χ0) is 16.2. The van der Waals surface area contributed by atoms with Crippen LogP contribution in [0.25, 0.3) is 0 Å². The zero-order valence-corrected chi connectivity index (χ0v) is 13.0. The highest BCUT2D eigenvalue weighted by atomic mass is 16.2. The first-order valence-corrected chi connectivity index (χ1v) is 7.69. The molecule has 0 aliphatic carbocycles. The zero-order valence-electron chi connectivity index (χ0n) is 13.0. The number of carbonyl (C=O) groups excluding carboxylic acids is 2. The summed E-state index contributed by atoms with van der Waals surface area (Å²) >= 11 is 0. The lowest BCUT2D eigenvalue weighted by atomic mass is 10.1. The molecule has 0 unspecified atom stereocenters. The van der Waals surface area contributed by atoms with E-state index in [1.165, 1.54) is 0 Å². The van der Waals surface area contributed by atoms with Crippen molar-refractivity contribution in [1.29, 1.82) is 0 Å². The van der Waals surface area contributed by atoms with Crippen molar-refractivity contribution in [2.45, 2.75) is 25.9 Å². The van der Waals surface area contributed by atoms with Crippen LogP contribution in [-0.4, -0.2) is 44.8 Å². The smallest absolute Gasteiger partial charge is 0.273 e. The molecule has 0 spiro atoms. The van der Waals surface area contributed by atoms with Gasteiger partial charge >= 0.3 is 0 Å². The maximum atomic E-state index is 12.1. The molecule has 7 heteroatoms. The van der Waals surface area contributed by atoms with Crippen molar-refractivity contribution in [3.63, 3.8) is 0 Å². The van der Waals surface area contributed by atoms with Crippen molar-refractivity contribution < 1.29 is 9.59 Å². The van der Waals surface area contributed by atoms with Crippen LogP contribution in [0.4, 0.5) is 0 Å². The molecule has 1 aromatic carbocycles. The Labute approximate surface area is 134 Å². The van der Waals surface area contributed by atoms with E-state index in [0.29, 0.717) is 31.7 Å². The summed E-state index contributed by atoms with van der Waals surface area (Å²) in [7, 11) is 0. The van der Waals surface area contributed by atoms with Crippen LogP contribution in [0.1, 0.15) is 35.4 Å². The van der Waals surface area contributed by atoms with E-state index in [2.05, 4.69) is 15.6 Å². The van der Waals surface area contributed by atoms with E-state index in [9.17, 15) is 9.59 Å². The molecule has 0 bridgehead atoms. The Morgan fingerprint density at radius 3 is 2.70 bits per heavy atom. The highest BCUT2D eigenvalue weighted by Gasteiger charge is 2.32. The lowest BCUT2D eigenvalue weighted by Gasteiger charge is -2.38.